The second kappa shape index (κ2) is 4.73. The maximum atomic E-state index is 12.6. The molecule has 3 rings (SSSR count). The summed E-state index contributed by atoms with van der Waals surface area (Å²) in [4.78, 5) is 14.7. The van der Waals surface area contributed by atoms with Crippen LogP contribution in [0.2, 0.25) is 0 Å². The lowest BCUT2D eigenvalue weighted by Crippen LogP contribution is -2.49. The lowest BCUT2D eigenvalue weighted by Gasteiger charge is -2.39. The van der Waals surface area contributed by atoms with Crippen LogP contribution in [0.25, 0.3) is 0 Å². The van der Waals surface area contributed by atoms with Gasteiger partial charge in [-0.15, -0.1) is 0 Å². The highest BCUT2D eigenvalue weighted by molar-refractivity contribution is 5.84. The van der Waals surface area contributed by atoms with Crippen LogP contribution in [0.1, 0.15) is 24.8 Å². The number of likely N-dealkylation sites (tertiary alicyclic amines) is 1. The zero-order valence-corrected chi connectivity index (χ0v) is 10.7. The summed E-state index contributed by atoms with van der Waals surface area (Å²) in [6, 6.07) is 10.3. The molecule has 0 radical (unpaired) electrons. The molecule has 1 aromatic rings. The van der Waals surface area contributed by atoms with Crippen LogP contribution >= 0.6 is 0 Å². The van der Waals surface area contributed by atoms with Gasteiger partial charge in [-0.25, -0.2) is 0 Å². The molecule has 96 valence electrons. The number of nitrogens with one attached hydrogen (secondary N) is 1. The van der Waals surface area contributed by atoms with E-state index in [2.05, 4.69) is 17.4 Å². The molecule has 2 saturated heterocycles. The van der Waals surface area contributed by atoms with Gasteiger partial charge in [-0.2, -0.15) is 0 Å². The third kappa shape index (κ3) is 2.03. The molecule has 1 unspecified atom stereocenters. The van der Waals surface area contributed by atoms with E-state index in [0.29, 0.717) is 5.91 Å². The van der Waals surface area contributed by atoms with Crippen molar-refractivity contribution < 1.29 is 4.79 Å². The van der Waals surface area contributed by atoms with Crippen molar-refractivity contribution in [1.29, 1.82) is 0 Å². The molecule has 1 aromatic carbocycles. The molecular weight excluding hydrogens is 224 g/mol. The minimum atomic E-state index is -0.0902. The van der Waals surface area contributed by atoms with Crippen LogP contribution in [0.3, 0.4) is 0 Å². The molecule has 2 aliphatic rings. The Kier molecular flexibility index (Phi) is 3.08. The highest BCUT2D eigenvalue weighted by atomic mass is 16.2. The zero-order chi connectivity index (χ0) is 12.4. The van der Waals surface area contributed by atoms with Gasteiger partial charge in [0, 0.05) is 19.6 Å². The summed E-state index contributed by atoms with van der Waals surface area (Å²) in [5.74, 6) is 0.364. The summed E-state index contributed by atoms with van der Waals surface area (Å²) in [7, 11) is 0. The summed E-state index contributed by atoms with van der Waals surface area (Å²) >= 11 is 0. The van der Waals surface area contributed by atoms with E-state index in [1.807, 2.05) is 23.1 Å². The largest absolute Gasteiger partial charge is 0.338 e. The zero-order valence-electron chi connectivity index (χ0n) is 10.7. The van der Waals surface area contributed by atoms with Crippen LogP contribution in [-0.4, -0.2) is 30.4 Å². The third-order valence-electron chi connectivity index (χ3n) is 4.28. The van der Waals surface area contributed by atoms with Gasteiger partial charge in [-0.1, -0.05) is 30.3 Å². The average Bonchev–Trinajstić information content (AvgIpc) is 2.86. The Bertz CT molecular complexity index is 423. The molecule has 0 saturated carbocycles. The molecule has 3 nitrogen and oxygen atoms in total. The Labute approximate surface area is 108 Å². The fourth-order valence-corrected chi connectivity index (χ4v) is 3.25. The van der Waals surface area contributed by atoms with Gasteiger partial charge in [0.1, 0.15) is 0 Å². The molecule has 1 amide bonds. The van der Waals surface area contributed by atoms with E-state index >= 15 is 0 Å². The van der Waals surface area contributed by atoms with Crippen molar-refractivity contribution in [3.63, 3.8) is 0 Å². The van der Waals surface area contributed by atoms with Crippen molar-refractivity contribution >= 4 is 5.91 Å². The first-order valence-corrected chi connectivity index (χ1v) is 6.84. The highest BCUT2D eigenvalue weighted by Gasteiger charge is 2.45. The summed E-state index contributed by atoms with van der Waals surface area (Å²) in [5, 5.41) is 3.35. The number of carbonyl (C=O) groups excluding carboxylic acids is 1. The maximum Gasteiger partial charge on any atom is 0.230 e. The van der Waals surface area contributed by atoms with Gasteiger partial charge in [0.25, 0.3) is 0 Å². The summed E-state index contributed by atoms with van der Waals surface area (Å²) in [6.07, 6.45) is 3.21. The molecule has 0 bridgehead atoms. The van der Waals surface area contributed by atoms with E-state index in [-0.39, 0.29) is 5.41 Å². The molecule has 1 spiro atoms. The molecule has 2 heterocycles. The fraction of sp³-hybridized carbons (Fsp3) is 0.533. The number of piperidine rings is 1. The third-order valence-corrected chi connectivity index (χ3v) is 4.28. The average molecular weight is 244 g/mol. The summed E-state index contributed by atoms with van der Waals surface area (Å²) in [5.41, 5.74) is 1.14. The lowest BCUT2D eigenvalue weighted by molar-refractivity contribution is -0.145. The molecular formula is C15H20N2O. The Morgan fingerprint density at radius 1 is 1.22 bits per heavy atom. The van der Waals surface area contributed by atoms with E-state index in [9.17, 15) is 4.79 Å². The second-order valence-electron chi connectivity index (χ2n) is 5.52. The van der Waals surface area contributed by atoms with Crippen molar-refractivity contribution in [3.8, 4) is 0 Å². The number of carbonyl (C=O) groups is 1. The van der Waals surface area contributed by atoms with Crippen molar-refractivity contribution in [2.75, 3.05) is 19.6 Å². The van der Waals surface area contributed by atoms with E-state index in [4.69, 9.17) is 0 Å². The first kappa shape index (κ1) is 11.7. The Balaban J connectivity index is 1.75. The predicted octanol–water partition coefficient (Wildman–Crippen LogP) is 1.79. The number of amides is 1. The quantitative estimate of drug-likeness (QED) is 0.860. The lowest BCUT2D eigenvalue weighted by atomic mass is 9.78. The first-order chi connectivity index (χ1) is 8.80. The Morgan fingerprint density at radius 2 is 2.06 bits per heavy atom. The van der Waals surface area contributed by atoms with Crippen LogP contribution in [0, 0.1) is 5.41 Å². The van der Waals surface area contributed by atoms with Crippen LogP contribution < -0.4 is 5.32 Å². The van der Waals surface area contributed by atoms with Gasteiger partial charge in [0.15, 0.2) is 0 Å². The van der Waals surface area contributed by atoms with Gasteiger partial charge in [0.2, 0.25) is 5.91 Å². The van der Waals surface area contributed by atoms with Gasteiger partial charge < -0.3 is 10.2 Å². The highest BCUT2D eigenvalue weighted by Crippen LogP contribution is 2.37. The van der Waals surface area contributed by atoms with E-state index in [1.54, 1.807) is 0 Å². The van der Waals surface area contributed by atoms with Crippen LogP contribution in [0.5, 0.6) is 0 Å². The predicted molar refractivity (Wildman–Crippen MR) is 71.0 cm³/mol. The van der Waals surface area contributed by atoms with Gasteiger partial charge in [-0.05, 0) is 31.4 Å². The fourth-order valence-electron chi connectivity index (χ4n) is 3.25. The molecule has 18 heavy (non-hydrogen) atoms. The number of nitrogens with zero attached hydrogens (tertiary/aromatic N) is 1. The molecule has 2 aliphatic heterocycles. The smallest absolute Gasteiger partial charge is 0.230 e. The minimum absolute atomic E-state index is 0.0902. The summed E-state index contributed by atoms with van der Waals surface area (Å²) in [6.45, 7) is 3.54. The standard InChI is InChI=1S/C15H20N2O/c18-14-15(8-9-16-12-15)7-4-10-17(14)11-13-5-2-1-3-6-13/h1-3,5-6,16H,4,7-12H2. The summed E-state index contributed by atoms with van der Waals surface area (Å²) < 4.78 is 0. The second-order valence-corrected chi connectivity index (χ2v) is 5.52. The monoisotopic (exact) mass is 244 g/mol. The molecule has 1 atom stereocenters. The number of hydrogen-bond donors (Lipinski definition) is 1. The normalized spacial score (nSPS) is 28.0. The Morgan fingerprint density at radius 3 is 2.78 bits per heavy atom. The number of hydrogen-bond acceptors (Lipinski definition) is 2. The van der Waals surface area contributed by atoms with Crippen molar-refractivity contribution in [2.24, 2.45) is 5.41 Å². The minimum Gasteiger partial charge on any atom is -0.338 e. The van der Waals surface area contributed by atoms with Gasteiger partial charge in [0.05, 0.1) is 5.41 Å². The van der Waals surface area contributed by atoms with Gasteiger partial charge >= 0.3 is 0 Å². The molecule has 2 fully saturated rings. The SMILES string of the molecule is O=C1N(Cc2ccccc2)CCCC12CCNC2. The van der Waals surface area contributed by atoms with Crippen molar-refractivity contribution in [1.82, 2.24) is 10.2 Å². The topological polar surface area (TPSA) is 32.3 Å². The maximum absolute atomic E-state index is 12.6. The van der Waals surface area contributed by atoms with Crippen LogP contribution in [0.15, 0.2) is 30.3 Å². The van der Waals surface area contributed by atoms with Crippen LogP contribution in [-0.2, 0) is 11.3 Å². The number of benzene rings is 1. The van der Waals surface area contributed by atoms with E-state index in [0.717, 1.165) is 45.4 Å². The molecule has 0 aliphatic carbocycles. The van der Waals surface area contributed by atoms with E-state index in [1.165, 1.54) is 5.56 Å². The molecule has 1 N–H and O–H groups in total. The number of rotatable bonds is 2. The van der Waals surface area contributed by atoms with Crippen molar-refractivity contribution in [2.45, 2.75) is 25.8 Å². The first-order valence-electron chi connectivity index (χ1n) is 6.84. The molecule has 0 aromatic heterocycles. The van der Waals surface area contributed by atoms with Gasteiger partial charge in [-0.3, -0.25) is 4.79 Å². The van der Waals surface area contributed by atoms with Crippen molar-refractivity contribution in [3.05, 3.63) is 35.9 Å². The van der Waals surface area contributed by atoms with Crippen LogP contribution in [0.4, 0.5) is 0 Å². The molecule has 3 heteroatoms. The Hall–Kier alpha value is -1.35. The van der Waals surface area contributed by atoms with E-state index < -0.39 is 0 Å².